The van der Waals surface area contributed by atoms with Crippen LogP contribution in [0.25, 0.3) is 0 Å². The van der Waals surface area contributed by atoms with Gasteiger partial charge in [-0.15, -0.1) is 0 Å². The van der Waals surface area contributed by atoms with E-state index in [9.17, 15) is 18.0 Å². The first-order chi connectivity index (χ1) is 8.28. The van der Waals surface area contributed by atoms with E-state index in [4.69, 9.17) is 0 Å². The highest BCUT2D eigenvalue weighted by Gasteiger charge is 2.28. The molecule has 1 atom stereocenters. The van der Waals surface area contributed by atoms with Gasteiger partial charge < -0.3 is 10.1 Å². The van der Waals surface area contributed by atoms with Crippen LogP contribution in [0.15, 0.2) is 24.3 Å². The van der Waals surface area contributed by atoms with E-state index in [0.717, 1.165) is 5.56 Å². The van der Waals surface area contributed by atoms with Gasteiger partial charge in [-0.05, 0) is 24.6 Å². The van der Waals surface area contributed by atoms with Crippen molar-refractivity contribution in [1.29, 1.82) is 0 Å². The summed E-state index contributed by atoms with van der Waals surface area (Å²) in [7, 11) is 0. The van der Waals surface area contributed by atoms with Crippen LogP contribution < -0.4 is 10.1 Å². The van der Waals surface area contributed by atoms with Gasteiger partial charge in [-0.25, -0.2) is 0 Å². The van der Waals surface area contributed by atoms with Crippen LogP contribution in [0.2, 0.25) is 0 Å². The molecule has 1 aromatic carbocycles. The smallest absolute Gasteiger partial charge is 0.422 e. The Bertz CT molecular complexity index is 401. The summed E-state index contributed by atoms with van der Waals surface area (Å²) in [5.74, 6) is -0.0222. The molecule has 0 aliphatic heterocycles. The molecular weight excluding hydrogens is 247 g/mol. The summed E-state index contributed by atoms with van der Waals surface area (Å²) < 4.78 is 40.3. The fourth-order valence-electron chi connectivity index (χ4n) is 1.41. The van der Waals surface area contributed by atoms with Crippen molar-refractivity contribution >= 4 is 5.91 Å². The minimum atomic E-state index is -4.35. The van der Waals surface area contributed by atoms with Crippen LogP contribution in [0.4, 0.5) is 13.2 Å². The monoisotopic (exact) mass is 261 g/mol. The number of benzene rings is 1. The summed E-state index contributed by atoms with van der Waals surface area (Å²) in [5.41, 5.74) is 0.796. The molecule has 0 heterocycles. The summed E-state index contributed by atoms with van der Waals surface area (Å²) in [6, 6.07) is 5.93. The van der Waals surface area contributed by atoms with E-state index >= 15 is 0 Å². The Labute approximate surface area is 103 Å². The fourth-order valence-corrected chi connectivity index (χ4v) is 1.41. The van der Waals surface area contributed by atoms with Crippen molar-refractivity contribution < 1.29 is 22.7 Å². The second-order valence-electron chi connectivity index (χ2n) is 3.90. The van der Waals surface area contributed by atoms with Gasteiger partial charge in [0.25, 0.3) is 0 Å². The van der Waals surface area contributed by atoms with Gasteiger partial charge in [-0.1, -0.05) is 12.1 Å². The van der Waals surface area contributed by atoms with Crippen LogP contribution in [-0.4, -0.2) is 18.7 Å². The third-order valence-corrected chi connectivity index (χ3v) is 2.20. The van der Waals surface area contributed by atoms with Crippen molar-refractivity contribution in [2.45, 2.75) is 26.1 Å². The summed E-state index contributed by atoms with van der Waals surface area (Å²) >= 11 is 0. The number of carbonyl (C=O) groups is 1. The molecule has 1 N–H and O–H groups in total. The van der Waals surface area contributed by atoms with Crippen LogP contribution in [-0.2, 0) is 4.79 Å². The molecule has 0 aliphatic rings. The number of carbonyl (C=O) groups excluding carboxylic acids is 1. The Hall–Kier alpha value is -1.72. The molecule has 1 rings (SSSR count). The van der Waals surface area contributed by atoms with Crippen molar-refractivity contribution in [2.24, 2.45) is 0 Å². The average molecular weight is 261 g/mol. The molecule has 0 fully saturated rings. The lowest BCUT2D eigenvalue weighted by Crippen LogP contribution is -2.23. The largest absolute Gasteiger partial charge is 0.484 e. The van der Waals surface area contributed by atoms with Gasteiger partial charge in [0.05, 0.1) is 6.04 Å². The number of ether oxygens (including phenoxy) is 1. The Morgan fingerprint density at radius 3 is 2.33 bits per heavy atom. The van der Waals surface area contributed by atoms with E-state index in [2.05, 4.69) is 10.1 Å². The predicted octanol–water partition coefficient (Wildman–Crippen LogP) is 2.82. The Morgan fingerprint density at radius 2 is 1.89 bits per heavy atom. The van der Waals surface area contributed by atoms with Crippen LogP contribution in [0, 0.1) is 0 Å². The maximum atomic E-state index is 11.9. The predicted molar refractivity (Wildman–Crippen MR) is 60.2 cm³/mol. The van der Waals surface area contributed by atoms with Gasteiger partial charge in [-0.3, -0.25) is 4.79 Å². The molecule has 1 unspecified atom stereocenters. The van der Waals surface area contributed by atoms with Crippen molar-refractivity contribution in [3.63, 3.8) is 0 Å². The van der Waals surface area contributed by atoms with Gasteiger partial charge in [0, 0.05) is 6.92 Å². The Kier molecular flexibility index (Phi) is 4.58. The zero-order valence-corrected chi connectivity index (χ0v) is 10.0. The molecule has 0 saturated heterocycles. The minimum Gasteiger partial charge on any atom is -0.484 e. The van der Waals surface area contributed by atoms with Crippen molar-refractivity contribution in [3.8, 4) is 5.75 Å². The molecule has 3 nitrogen and oxygen atoms in total. The molecule has 1 amide bonds. The average Bonchev–Trinajstić information content (AvgIpc) is 2.25. The van der Waals surface area contributed by atoms with E-state index in [-0.39, 0.29) is 17.7 Å². The first kappa shape index (κ1) is 14.3. The summed E-state index contributed by atoms with van der Waals surface area (Å²) in [6.45, 7) is 1.87. The van der Waals surface area contributed by atoms with Gasteiger partial charge >= 0.3 is 6.18 Å². The molecule has 0 aromatic heterocycles. The highest BCUT2D eigenvalue weighted by molar-refractivity contribution is 5.73. The second kappa shape index (κ2) is 5.75. The molecule has 100 valence electrons. The van der Waals surface area contributed by atoms with Gasteiger partial charge in [0.1, 0.15) is 5.75 Å². The molecule has 0 bridgehead atoms. The lowest BCUT2D eigenvalue weighted by Gasteiger charge is -2.14. The van der Waals surface area contributed by atoms with Crippen LogP contribution in [0.1, 0.15) is 25.5 Å². The molecule has 0 radical (unpaired) electrons. The van der Waals surface area contributed by atoms with Crippen molar-refractivity contribution in [2.75, 3.05) is 6.61 Å². The third kappa shape index (κ3) is 5.07. The van der Waals surface area contributed by atoms with E-state index in [1.54, 1.807) is 19.1 Å². The van der Waals surface area contributed by atoms with E-state index in [0.29, 0.717) is 0 Å². The first-order valence-electron chi connectivity index (χ1n) is 5.34. The highest BCUT2D eigenvalue weighted by Crippen LogP contribution is 2.20. The first-order valence-corrected chi connectivity index (χ1v) is 5.34. The third-order valence-electron chi connectivity index (χ3n) is 2.20. The maximum absolute atomic E-state index is 11.9. The van der Waals surface area contributed by atoms with Crippen molar-refractivity contribution in [3.05, 3.63) is 29.8 Å². The molecule has 6 heteroatoms. The number of amides is 1. The van der Waals surface area contributed by atoms with Gasteiger partial charge in [0.2, 0.25) is 5.91 Å². The van der Waals surface area contributed by atoms with Gasteiger partial charge in [-0.2, -0.15) is 13.2 Å². The Balaban J connectivity index is 2.60. The van der Waals surface area contributed by atoms with Crippen LogP contribution in [0.3, 0.4) is 0 Å². The summed E-state index contributed by atoms with van der Waals surface area (Å²) in [4.78, 5) is 10.8. The zero-order chi connectivity index (χ0) is 13.8. The topological polar surface area (TPSA) is 38.3 Å². The number of nitrogens with one attached hydrogen (secondary N) is 1. The number of hydrogen-bond donors (Lipinski definition) is 1. The quantitative estimate of drug-likeness (QED) is 0.905. The SMILES string of the molecule is CC(=O)NC(C)c1ccc(OCC(F)(F)F)cc1. The zero-order valence-electron chi connectivity index (χ0n) is 10.0. The standard InChI is InChI=1S/C12H14F3NO2/c1-8(16-9(2)17)10-3-5-11(6-4-10)18-7-12(13,14)15/h3-6,8H,7H2,1-2H3,(H,16,17). The Morgan fingerprint density at radius 1 is 1.33 bits per heavy atom. The molecule has 0 saturated carbocycles. The molecule has 0 aliphatic carbocycles. The maximum Gasteiger partial charge on any atom is 0.422 e. The second-order valence-corrected chi connectivity index (χ2v) is 3.90. The molecule has 0 spiro atoms. The van der Waals surface area contributed by atoms with Gasteiger partial charge in [0.15, 0.2) is 6.61 Å². The van der Waals surface area contributed by atoms with Crippen LogP contribution in [0.5, 0.6) is 5.75 Å². The number of hydrogen-bond acceptors (Lipinski definition) is 2. The highest BCUT2D eigenvalue weighted by atomic mass is 19.4. The van der Waals surface area contributed by atoms with E-state index in [1.807, 2.05) is 0 Å². The lowest BCUT2D eigenvalue weighted by atomic mass is 10.1. The van der Waals surface area contributed by atoms with E-state index in [1.165, 1.54) is 19.1 Å². The normalized spacial score (nSPS) is 12.9. The van der Waals surface area contributed by atoms with E-state index < -0.39 is 12.8 Å². The number of alkyl halides is 3. The molecular formula is C12H14F3NO2. The number of rotatable bonds is 4. The minimum absolute atomic E-state index is 0.145. The van der Waals surface area contributed by atoms with Crippen LogP contribution >= 0.6 is 0 Å². The number of halogens is 3. The summed E-state index contributed by atoms with van der Waals surface area (Å²) in [6.07, 6.45) is -4.35. The molecule has 1 aromatic rings. The fraction of sp³-hybridized carbons (Fsp3) is 0.417. The summed E-state index contributed by atoms with van der Waals surface area (Å²) in [5, 5.41) is 2.68. The van der Waals surface area contributed by atoms with Crippen molar-refractivity contribution in [1.82, 2.24) is 5.32 Å². The molecule has 18 heavy (non-hydrogen) atoms. The lowest BCUT2D eigenvalue weighted by molar-refractivity contribution is -0.153.